The number of hydrogen-bond donors (Lipinski definition) is 0. The van der Waals surface area contributed by atoms with E-state index >= 15 is 0 Å². The van der Waals surface area contributed by atoms with E-state index in [1.54, 1.807) is 45.0 Å². The first-order valence-corrected chi connectivity index (χ1v) is 10.8. The molecule has 0 saturated heterocycles. The van der Waals surface area contributed by atoms with Gasteiger partial charge in [0.2, 0.25) is 15.9 Å². The predicted molar refractivity (Wildman–Crippen MR) is 111 cm³/mol. The van der Waals surface area contributed by atoms with Gasteiger partial charge in [-0.1, -0.05) is 12.1 Å². The molecule has 0 radical (unpaired) electrons. The average molecular weight is 449 g/mol. The molecule has 166 valence electrons. The van der Waals surface area contributed by atoms with Gasteiger partial charge in [0.15, 0.2) is 5.82 Å². The van der Waals surface area contributed by atoms with Crippen molar-refractivity contribution in [1.29, 1.82) is 5.26 Å². The van der Waals surface area contributed by atoms with E-state index in [0.29, 0.717) is 21.4 Å². The SMILES string of the molecule is COCc1nc(C#N)cc(Oc2ccc(CS(=O)(=O)N(C)C(=O)OC(C)(C)C)cc2)n1. The van der Waals surface area contributed by atoms with E-state index in [1.165, 1.54) is 13.2 Å². The molecule has 0 unspecified atom stereocenters. The molecule has 10 nitrogen and oxygen atoms in total. The largest absolute Gasteiger partial charge is 0.443 e. The van der Waals surface area contributed by atoms with E-state index in [-0.39, 0.29) is 18.2 Å². The summed E-state index contributed by atoms with van der Waals surface area (Å²) in [6.45, 7) is 5.08. The Kier molecular flexibility index (Phi) is 7.54. The summed E-state index contributed by atoms with van der Waals surface area (Å²) in [7, 11) is -1.29. The van der Waals surface area contributed by atoms with E-state index < -0.39 is 27.5 Å². The fourth-order valence-electron chi connectivity index (χ4n) is 2.30. The van der Waals surface area contributed by atoms with Crippen LogP contribution in [0.1, 0.15) is 37.9 Å². The third kappa shape index (κ3) is 7.20. The Morgan fingerprint density at radius 3 is 2.39 bits per heavy atom. The Morgan fingerprint density at radius 2 is 1.84 bits per heavy atom. The zero-order chi connectivity index (χ0) is 23.2. The monoisotopic (exact) mass is 448 g/mol. The van der Waals surface area contributed by atoms with Gasteiger partial charge in [-0.25, -0.2) is 22.5 Å². The number of methoxy groups -OCH3 is 1. The number of carbonyl (C=O) groups excluding carboxylic acids is 1. The van der Waals surface area contributed by atoms with Crippen molar-refractivity contribution in [1.82, 2.24) is 14.3 Å². The highest BCUT2D eigenvalue weighted by Gasteiger charge is 2.28. The maximum atomic E-state index is 12.5. The highest BCUT2D eigenvalue weighted by atomic mass is 32.2. The summed E-state index contributed by atoms with van der Waals surface area (Å²) < 4.78 is 41.3. The third-order valence-corrected chi connectivity index (χ3v) is 5.38. The fourth-order valence-corrected chi connectivity index (χ4v) is 3.37. The van der Waals surface area contributed by atoms with Gasteiger partial charge in [-0.3, -0.25) is 0 Å². The summed E-state index contributed by atoms with van der Waals surface area (Å²) in [4.78, 5) is 20.2. The molecular formula is C20H24N4O6S. The molecular weight excluding hydrogens is 424 g/mol. The van der Waals surface area contributed by atoms with E-state index in [1.807, 2.05) is 6.07 Å². The minimum absolute atomic E-state index is 0.119. The van der Waals surface area contributed by atoms with Gasteiger partial charge in [0.05, 0.1) is 5.75 Å². The van der Waals surface area contributed by atoms with Crippen molar-refractivity contribution in [3.05, 3.63) is 47.4 Å². The molecule has 0 atom stereocenters. The number of carbonyl (C=O) groups is 1. The van der Waals surface area contributed by atoms with Crippen molar-refractivity contribution in [3.63, 3.8) is 0 Å². The van der Waals surface area contributed by atoms with E-state index in [0.717, 1.165) is 7.05 Å². The van der Waals surface area contributed by atoms with E-state index in [2.05, 4.69) is 9.97 Å². The van der Waals surface area contributed by atoms with E-state index in [4.69, 9.17) is 19.5 Å². The first-order chi connectivity index (χ1) is 14.4. The summed E-state index contributed by atoms with van der Waals surface area (Å²) in [5, 5.41) is 9.08. The lowest BCUT2D eigenvalue weighted by atomic mass is 10.2. The Labute approximate surface area is 181 Å². The molecule has 2 aromatic rings. The molecule has 0 aliphatic heterocycles. The lowest BCUT2D eigenvalue weighted by molar-refractivity contribution is 0.0420. The molecule has 0 N–H and O–H groups in total. The van der Waals surface area contributed by atoms with Crippen LogP contribution < -0.4 is 4.74 Å². The summed E-state index contributed by atoms with van der Waals surface area (Å²) in [5.74, 6) is 0.438. The number of aromatic nitrogens is 2. The zero-order valence-corrected chi connectivity index (χ0v) is 18.8. The number of hydrogen-bond acceptors (Lipinski definition) is 9. The van der Waals surface area contributed by atoms with Gasteiger partial charge in [0.1, 0.15) is 29.7 Å². The second kappa shape index (κ2) is 9.72. The van der Waals surface area contributed by atoms with Crippen LogP contribution in [0.3, 0.4) is 0 Å². The molecule has 1 aromatic heterocycles. The summed E-state index contributed by atoms with van der Waals surface area (Å²) in [5.41, 5.74) is -0.233. The maximum absolute atomic E-state index is 12.5. The quantitative estimate of drug-likeness (QED) is 0.627. The van der Waals surface area contributed by atoms with Crippen LogP contribution in [0, 0.1) is 11.3 Å². The van der Waals surface area contributed by atoms with Crippen LogP contribution in [0.5, 0.6) is 11.6 Å². The first kappa shape index (κ1) is 24.0. The standard InChI is InChI=1S/C20H24N4O6S/c1-20(2,3)30-19(25)24(4)31(26,27)13-14-6-8-16(9-7-14)29-18-10-15(11-21)22-17(23-18)12-28-5/h6-10H,12-13H2,1-5H3. The number of nitriles is 1. The Morgan fingerprint density at radius 1 is 1.19 bits per heavy atom. The van der Waals surface area contributed by atoms with Crippen LogP contribution in [0.15, 0.2) is 30.3 Å². The molecule has 1 heterocycles. The Bertz CT molecular complexity index is 1070. The molecule has 1 aromatic carbocycles. The first-order valence-electron chi connectivity index (χ1n) is 9.17. The van der Waals surface area contributed by atoms with Crippen molar-refractivity contribution >= 4 is 16.1 Å². The topological polar surface area (TPSA) is 132 Å². The highest BCUT2D eigenvalue weighted by molar-refractivity contribution is 7.88. The van der Waals surface area contributed by atoms with Crippen LogP contribution in [0.2, 0.25) is 0 Å². The number of rotatable bonds is 7. The van der Waals surface area contributed by atoms with Crippen LogP contribution in [0.25, 0.3) is 0 Å². The molecule has 11 heteroatoms. The third-order valence-electron chi connectivity index (χ3n) is 3.70. The molecule has 0 saturated carbocycles. The molecule has 0 aliphatic rings. The summed E-state index contributed by atoms with van der Waals surface area (Å²) >= 11 is 0. The average Bonchev–Trinajstić information content (AvgIpc) is 2.67. The number of amides is 1. The smallest absolute Gasteiger partial charge is 0.423 e. The summed E-state index contributed by atoms with van der Waals surface area (Å²) in [6, 6.07) is 9.53. The van der Waals surface area contributed by atoms with Crippen molar-refractivity contribution in [2.45, 2.75) is 38.7 Å². The minimum atomic E-state index is -3.93. The van der Waals surface area contributed by atoms with Gasteiger partial charge >= 0.3 is 6.09 Å². The van der Waals surface area contributed by atoms with Crippen LogP contribution in [-0.4, -0.2) is 48.5 Å². The molecule has 1 amide bonds. The molecule has 0 bridgehead atoms. The van der Waals surface area contributed by atoms with Gasteiger partial charge in [-0.2, -0.15) is 10.2 Å². The lowest BCUT2D eigenvalue weighted by Gasteiger charge is -2.24. The lowest BCUT2D eigenvalue weighted by Crippen LogP contribution is -2.38. The molecule has 0 fully saturated rings. The molecule has 31 heavy (non-hydrogen) atoms. The Balaban J connectivity index is 2.11. The predicted octanol–water partition coefficient (Wildman–Crippen LogP) is 2.98. The van der Waals surface area contributed by atoms with Gasteiger partial charge in [-0.15, -0.1) is 0 Å². The molecule has 0 spiro atoms. The van der Waals surface area contributed by atoms with Gasteiger partial charge in [-0.05, 0) is 38.5 Å². The summed E-state index contributed by atoms with van der Waals surface area (Å²) in [6.07, 6.45) is -0.948. The number of nitrogens with zero attached hydrogens (tertiary/aromatic N) is 4. The van der Waals surface area contributed by atoms with Crippen LogP contribution >= 0.6 is 0 Å². The Hall–Kier alpha value is -3.23. The van der Waals surface area contributed by atoms with Gasteiger partial charge in [0.25, 0.3) is 0 Å². The number of benzene rings is 1. The number of sulfonamides is 1. The van der Waals surface area contributed by atoms with Gasteiger partial charge < -0.3 is 14.2 Å². The van der Waals surface area contributed by atoms with Crippen molar-refractivity contribution in [2.75, 3.05) is 14.2 Å². The van der Waals surface area contributed by atoms with Crippen LogP contribution in [-0.2, 0) is 31.9 Å². The highest BCUT2D eigenvalue weighted by Crippen LogP contribution is 2.22. The fraction of sp³-hybridized carbons (Fsp3) is 0.400. The van der Waals surface area contributed by atoms with Crippen LogP contribution in [0.4, 0.5) is 4.79 Å². The maximum Gasteiger partial charge on any atom is 0.423 e. The van der Waals surface area contributed by atoms with Crippen molar-refractivity contribution in [2.24, 2.45) is 0 Å². The molecule has 0 aliphatic carbocycles. The minimum Gasteiger partial charge on any atom is -0.443 e. The van der Waals surface area contributed by atoms with E-state index in [9.17, 15) is 13.2 Å². The van der Waals surface area contributed by atoms with Crippen molar-refractivity contribution in [3.8, 4) is 17.7 Å². The zero-order valence-electron chi connectivity index (χ0n) is 17.9. The normalized spacial score (nSPS) is 11.5. The second-order valence-corrected chi connectivity index (χ2v) is 9.50. The van der Waals surface area contributed by atoms with Crippen molar-refractivity contribution < 1.29 is 27.4 Å². The van der Waals surface area contributed by atoms with Gasteiger partial charge in [0, 0.05) is 20.2 Å². The second-order valence-electron chi connectivity index (χ2n) is 7.50. The number of ether oxygens (including phenoxy) is 3. The molecule has 2 rings (SSSR count).